The minimum atomic E-state index is -0.866. The van der Waals surface area contributed by atoms with Crippen LogP contribution in [-0.2, 0) is 23.9 Å². The van der Waals surface area contributed by atoms with Crippen LogP contribution >= 0.6 is 0 Å². The molecule has 1 N–H and O–H groups in total. The van der Waals surface area contributed by atoms with Gasteiger partial charge in [-0.15, -0.1) is 0 Å². The normalized spacial score (nSPS) is 14.4. The van der Waals surface area contributed by atoms with Crippen molar-refractivity contribution >= 4 is 17.9 Å². The zero-order chi connectivity index (χ0) is 27.8. The van der Waals surface area contributed by atoms with Crippen molar-refractivity contribution in [3.05, 3.63) is 76.6 Å². The van der Waals surface area contributed by atoms with Gasteiger partial charge in [0, 0.05) is 11.4 Å². The first-order chi connectivity index (χ1) is 18.2. The van der Waals surface area contributed by atoms with Crippen molar-refractivity contribution in [2.45, 2.75) is 46.6 Å². The van der Waals surface area contributed by atoms with Crippen molar-refractivity contribution in [1.82, 2.24) is 5.32 Å². The van der Waals surface area contributed by atoms with Gasteiger partial charge in [-0.2, -0.15) is 0 Å². The predicted octanol–water partition coefficient (Wildman–Crippen LogP) is 4.43. The zero-order valence-corrected chi connectivity index (χ0v) is 22.5. The second-order valence-electron chi connectivity index (χ2n) is 8.50. The molecule has 9 nitrogen and oxygen atoms in total. The summed E-state index contributed by atoms with van der Waals surface area (Å²) in [7, 11) is 1.57. The van der Waals surface area contributed by atoms with E-state index in [2.05, 4.69) is 5.32 Å². The fourth-order valence-corrected chi connectivity index (χ4v) is 4.12. The first kappa shape index (κ1) is 28.3. The molecule has 1 aliphatic heterocycles. The van der Waals surface area contributed by atoms with Crippen molar-refractivity contribution in [1.29, 1.82) is 0 Å². The summed E-state index contributed by atoms with van der Waals surface area (Å²) in [5, 5.41) is 3.10. The second-order valence-corrected chi connectivity index (χ2v) is 8.50. The van der Waals surface area contributed by atoms with Crippen molar-refractivity contribution in [3.63, 3.8) is 0 Å². The number of esters is 3. The van der Waals surface area contributed by atoms with Gasteiger partial charge in [-0.05, 0) is 76.6 Å². The van der Waals surface area contributed by atoms with Crippen molar-refractivity contribution in [3.8, 4) is 17.2 Å². The Morgan fingerprint density at radius 1 is 0.789 bits per heavy atom. The van der Waals surface area contributed by atoms with Crippen LogP contribution < -0.4 is 19.5 Å². The van der Waals surface area contributed by atoms with Crippen LogP contribution in [0.5, 0.6) is 17.2 Å². The molecule has 0 amide bonds. The Morgan fingerprint density at radius 3 is 1.74 bits per heavy atom. The molecule has 0 spiro atoms. The highest BCUT2D eigenvalue weighted by molar-refractivity contribution is 5.99. The Bertz CT molecular complexity index is 1190. The van der Waals surface area contributed by atoms with Gasteiger partial charge in [0.25, 0.3) is 0 Å². The number of allylic oxidation sites excluding steroid dienone is 2. The summed E-state index contributed by atoms with van der Waals surface area (Å²) in [5.74, 6) is -0.909. The number of dihydropyridines is 1. The average molecular weight is 524 g/mol. The third-order valence-corrected chi connectivity index (χ3v) is 5.89. The third kappa shape index (κ3) is 6.53. The van der Waals surface area contributed by atoms with Crippen molar-refractivity contribution < 1.29 is 38.1 Å². The van der Waals surface area contributed by atoms with Gasteiger partial charge in [0.1, 0.15) is 17.2 Å². The lowest BCUT2D eigenvalue weighted by molar-refractivity contribution is -0.141. The lowest BCUT2D eigenvalue weighted by atomic mass is 9.80. The van der Waals surface area contributed by atoms with Crippen LogP contribution in [-0.4, -0.2) is 44.3 Å². The molecule has 202 valence electrons. The Kier molecular flexibility index (Phi) is 9.54. The van der Waals surface area contributed by atoms with Crippen LogP contribution in [0.15, 0.2) is 71.1 Å². The molecule has 2 aromatic carbocycles. The maximum atomic E-state index is 12.9. The number of carbonyl (C=O) groups is 3. The summed E-state index contributed by atoms with van der Waals surface area (Å²) < 4.78 is 26.9. The number of rotatable bonds is 10. The first-order valence-electron chi connectivity index (χ1n) is 12.3. The monoisotopic (exact) mass is 523 g/mol. The third-order valence-electron chi connectivity index (χ3n) is 5.89. The van der Waals surface area contributed by atoms with Crippen molar-refractivity contribution in [2.24, 2.45) is 0 Å². The number of hydrogen-bond donors (Lipinski definition) is 1. The summed E-state index contributed by atoms with van der Waals surface area (Å²) in [6.07, 6.45) is -0.866. The summed E-state index contributed by atoms with van der Waals surface area (Å²) in [6, 6.07) is 13.5. The summed E-state index contributed by atoms with van der Waals surface area (Å²) in [5.41, 5.74) is 2.43. The van der Waals surface area contributed by atoms with Crippen LogP contribution in [0.25, 0.3) is 0 Å². The largest absolute Gasteiger partial charge is 0.497 e. The summed E-state index contributed by atoms with van der Waals surface area (Å²) in [6.45, 7) is 8.91. The number of carbonyl (C=O) groups excluding carboxylic acids is 3. The maximum absolute atomic E-state index is 12.9. The molecule has 1 heterocycles. The van der Waals surface area contributed by atoms with Gasteiger partial charge in [-0.1, -0.05) is 12.1 Å². The highest BCUT2D eigenvalue weighted by atomic mass is 16.6. The zero-order valence-electron chi connectivity index (χ0n) is 22.5. The molecule has 0 radical (unpaired) electrons. The Hall–Kier alpha value is -4.27. The molecule has 0 unspecified atom stereocenters. The average Bonchev–Trinajstić information content (AvgIpc) is 2.89. The highest BCUT2D eigenvalue weighted by Gasteiger charge is 2.38. The topological polar surface area (TPSA) is 109 Å². The van der Waals surface area contributed by atoms with Crippen LogP contribution in [0.3, 0.4) is 0 Å². The quantitative estimate of drug-likeness (QED) is 0.357. The fourth-order valence-electron chi connectivity index (χ4n) is 4.12. The van der Waals surface area contributed by atoms with E-state index in [0.29, 0.717) is 39.6 Å². The lowest BCUT2D eigenvalue weighted by Crippen LogP contribution is -2.32. The van der Waals surface area contributed by atoms with E-state index in [9.17, 15) is 14.4 Å². The van der Waals surface area contributed by atoms with Gasteiger partial charge in [0.05, 0.1) is 37.4 Å². The molecular formula is C29H33NO8. The van der Waals surface area contributed by atoms with Gasteiger partial charge in [0.15, 0.2) is 6.10 Å². The summed E-state index contributed by atoms with van der Waals surface area (Å²) in [4.78, 5) is 38.4. The number of nitrogens with one attached hydrogen (secondary N) is 1. The summed E-state index contributed by atoms with van der Waals surface area (Å²) >= 11 is 0. The fraction of sp³-hybridized carbons (Fsp3) is 0.345. The molecule has 1 aliphatic rings. The number of hydrogen-bond acceptors (Lipinski definition) is 9. The molecule has 1 atom stereocenters. The number of methoxy groups -OCH3 is 1. The molecular weight excluding hydrogens is 490 g/mol. The standard InChI is InChI=1S/C29H33NO8/c1-7-35-28(32)24-17(3)30-18(4)25(29(33)36-8-2)26(24)20-9-11-23(12-10-20)38-27(31)19(5)37-22-15-13-21(34-6)14-16-22/h9-16,19,26,30H,7-8H2,1-6H3/t19-/m1/s1. The van der Waals surface area contributed by atoms with Gasteiger partial charge >= 0.3 is 17.9 Å². The van der Waals surface area contributed by atoms with Gasteiger partial charge in [-0.3, -0.25) is 0 Å². The SMILES string of the molecule is CCOC(=O)C1=C(C)NC(C)=C(C(=O)OCC)C1c1ccc(OC(=O)[C@@H](C)Oc2ccc(OC)cc2)cc1. The van der Waals surface area contributed by atoms with E-state index in [4.69, 9.17) is 23.7 Å². The molecule has 0 fully saturated rings. The molecule has 9 heteroatoms. The maximum Gasteiger partial charge on any atom is 0.352 e. The smallest absolute Gasteiger partial charge is 0.352 e. The van der Waals surface area contributed by atoms with Crippen LogP contribution in [0, 0.1) is 0 Å². The van der Waals surface area contributed by atoms with Gasteiger partial charge < -0.3 is 29.0 Å². The molecule has 0 bridgehead atoms. The molecule has 0 aliphatic carbocycles. The minimum Gasteiger partial charge on any atom is -0.497 e. The van der Waals surface area contributed by atoms with Gasteiger partial charge in [0.2, 0.25) is 0 Å². The molecule has 0 saturated heterocycles. The van der Waals surface area contributed by atoms with Crippen molar-refractivity contribution in [2.75, 3.05) is 20.3 Å². The molecule has 3 rings (SSSR count). The minimum absolute atomic E-state index is 0.186. The molecule has 38 heavy (non-hydrogen) atoms. The van der Waals surface area contributed by atoms with E-state index >= 15 is 0 Å². The Labute approximate surface area is 222 Å². The van der Waals surface area contributed by atoms with E-state index in [0.717, 1.165) is 0 Å². The second kappa shape index (κ2) is 12.8. The van der Waals surface area contributed by atoms with Crippen LogP contribution in [0.2, 0.25) is 0 Å². The van der Waals surface area contributed by atoms with Crippen LogP contribution in [0.1, 0.15) is 46.1 Å². The lowest BCUT2D eigenvalue weighted by Gasteiger charge is -2.30. The molecule has 2 aromatic rings. The molecule has 0 saturated carbocycles. The van der Waals surface area contributed by atoms with E-state index in [1.165, 1.54) is 0 Å². The highest BCUT2D eigenvalue weighted by Crippen LogP contribution is 2.39. The number of ether oxygens (including phenoxy) is 5. The van der Waals surface area contributed by atoms with E-state index in [1.807, 2.05) is 0 Å². The predicted molar refractivity (Wildman–Crippen MR) is 140 cm³/mol. The Morgan fingerprint density at radius 2 is 1.26 bits per heavy atom. The molecule has 0 aromatic heterocycles. The van der Waals surface area contributed by atoms with E-state index in [-0.39, 0.29) is 19.0 Å². The van der Waals surface area contributed by atoms with E-state index in [1.54, 1.807) is 90.3 Å². The first-order valence-corrected chi connectivity index (χ1v) is 12.3. The van der Waals surface area contributed by atoms with E-state index < -0.39 is 29.9 Å². The number of benzene rings is 2. The Balaban J connectivity index is 1.83. The van der Waals surface area contributed by atoms with Crippen LogP contribution in [0.4, 0.5) is 0 Å². The van der Waals surface area contributed by atoms with Gasteiger partial charge in [-0.25, -0.2) is 14.4 Å².